The molecule has 1 aromatic carbocycles. The molecule has 0 aliphatic carbocycles. The lowest BCUT2D eigenvalue weighted by molar-refractivity contribution is -0.917. The van der Waals surface area contributed by atoms with Crippen LogP contribution in [0.3, 0.4) is 0 Å². The summed E-state index contributed by atoms with van der Waals surface area (Å²) in [5.41, 5.74) is 2.12. The predicted octanol–water partition coefficient (Wildman–Crippen LogP) is 2.33. The van der Waals surface area contributed by atoms with Crippen molar-refractivity contribution in [1.29, 1.82) is 0 Å². The number of carbonyl (C=O) groups excluding carboxylic acids is 1. The van der Waals surface area contributed by atoms with Crippen molar-refractivity contribution < 1.29 is 18.8 Å². The topological polar surface area (TPSA) is 51.8 Å². The highest BCUT2D eigenvalue weighted by molar-refractivity contribution is 6.33. The van der Waals surface area contributed by atoms with Crippen molar-refractivity contribution in [2.24, 2.45) is 0 Å². The van der Waals surface area contributed by atoms with Crippen LogP contribution in [-0.4, -0.2) is 53.9 Å². The zero-order chi connectivity index (χ0) is 21.0. The Bertz CT molecular complexity index is 863. The molecule has 2 heterocycles. The molecule has 0 atom stereocenters. The molecule has 0 saturated carbocycles. The van der Waals surface area contributed by atoms with Crippen LogP contribution in [-0.2, 0) is 13.1 Å². The van der Waals surface area contributed by atoms with Gasteiger partial charge >= 0.3 is 0 Å². The smallest absolute Gasteiger partial charge is 0.259 e. The van der Waals surface area contributed by atoms with Gasteiger partial charge in [-0.2, -0.15) is 5.10 Å². The van der Waals surface area contributed by atoms with Crippen LogP contribution in [0.5, 0.6) is 5.75 Å². The van der Waals surface area contributed by atoms with Gasteiger partial charge in [0.2, 0.25) is 0 Å². The minimum Gasteiger partial charge on any atom is -0.494 e. The molecule has 1 aromatic heterocycles. The Morgan fingerprint density at radius 1 is 1.34 bits per heavy atom. The third-order valence-corrected chi connectivity index (χ3v) is 5.81. The molecule has 3 rings (SSSR count). The Hall–Kier alpha value is -2.12. The number of aryl methyl sites for hydroxylation is 2. The summed E-state index contributed by atoms with van der Waals surface area (Å²) in [7, 11) is 1.46. The number of hydrogen-bond acceptors (Lipinski definition) is 3. The quantitative estimate of drug-likeness (QED) is 0.743. The van der Waals surface area contributed by atoms with E-state index in [-0.39, 0.29) is 17.5 Å². The van der Waals surface area contributed by atoms with Gasteiger partial charge in [0.05, 0.1) is 44.5 Å². The Balaban J connectivity index is 1.60. The average molecular weight is 424 g/mol. The molecule has 0 radical (unpaired) electrons. The van der Waals surface area contributed by atoms with Gasteiger partial charge in [0, 0.05) is 12.1 Å². The number of methoxy groups -OCH3 is 1. The molecule has 6 nitrogen and oxygen atoms in total. The largest absolute Gasteiger partial charge is 0.494 e. The molecule has 29 heavy (non-hydrogen) atoms. The second-order valence-electron chi connectivity index (χ2n) is 7.52. The molecular weight excluding hydrogens is 395 g/mol. The SMILES string of the molecule is CCCCn1nc(C)c(C(=O)N2CC[NH+](Cc3ccc(OC)c(F)c3)CC2)c1Cl. The Morgan fingerprint density at radius 3 is 2.69 bits per heavy atom. The normalized spacial score (nSPS) is 15.0. The van der Waals surface area contributed by atoms with Crippen molar-refractivity contribution in [3.8, 4) is 5.75 Å². The van der Waals surface area contributed by atoms with E-state index in [2.05, 4.69) is 12.0 Å². The summed E-state index contributed by atoms with van der Waals surface area (Å²) < 4.78 is 20.6. The summed E-state index contributed by atoms with van der Waals surface area (Å²) in [6.07, 6.45) is 2.02. The summed E-state index contributed by atoms with van der Waals surface area (Å²) in [6, 6.07) is 5.07. The number of hydrogen-bond donors (Lipinski definition) is 1. The van der Waals surface area contributed by atoms with E-state index in [1.807, 2.05) is 17.9 Å². The summed E-state index contributed by atoms with van der Waals surface area (Å²) in [6.45, 7) is 8.28. The van der Waals surface area contributed by atoms with E-state index in [0.717, 1.165) is 44.6 Å². The number of nitrogens with zero attached hydrogens (tertiary/aromatic N) is 3. The standard InChI is InChI=1S/C21H28ClFN4O2/c1-4-5-8-27-20(22)19(15(2)24-27)21(28)26-11-9-25(10-12-26)14-16-6-7-18(29-3)17(23)13-16/h6-7,13H,4-5,8-12,14H2,1-3H3/p+1. The molecule has 158 valence electrons. The molecule has 0 unspecified atom stereocenters. The van der Waals surface area contributed by atoms with Crippen molar-refractivity contribution in [2.75, 3.05) is 33.3 Å². The lowest BCUT2D eigenvalue weighted by atomic mass is 10.1. The molecule has 1 aliphatic heterocycles. The second kappa shape index (κ2) is 9.59. The highest BCUT2D eigenvalue weighted by Crippen LogP contribution is 2.22. The van der Waals surface area contributed by atoms with Crippen LogP contribution < -0.4 is 9.64 Å². The molecule has 1 aliphatic rings. The second-order valence-corrected chi connectivity index (χ2v) is 7.87. The number of benzene rings is 1. The summed E-state index contributed by atoms with van der Waals surface area (Å²) >= 11 is 6.46. The van der Waals surface area contributed by atoms with Crippen molar-refractivity contribution in [3.05, 3.63) is 46.0 Å². The van der Waals surface area contributed by atoms with Crippen molar-refractivity contribution >= 4 is 17.5 Å². The first-order chi connectivity index (χ1) is 13.9. The van der Waals surface area contributed by atoms with Gasteiger partial charge in [-0.25, -0.2) is 4.39 Å². The van der Waals surface area contributed by atoms with E-state index in [1.54, 1.807) is 10.7 Å². The maximum atomic E-state index is 13.9. The Morgan fingerprint density at radius 2 is 2.07 bits per heavy atom. The summed E-state index contributed by atoms with van der Waals surface area (Å²) in [4.78, 5) is 16.2. The van der Waals surface area contributed by atoms with Gasteiger partial charge in [-0.1, -0.05) is 24.9 Å². The number of carbonyl (C=O) groups is 1. The number of rotatable bonds is 7. The third kappa shape index (κ3) is 4.90. The maximum absolute atomic E-state index is 13.9. The number of aromatic nitrogens is 2. The first-order valence-electron chi connectivity index (χ1n) is 10.1. The fourth-order valence-corrected chi connectivity index (χ4v) is 4.06. The average Bonchev–Trinajstić information content (AvgIpc) is 3.00. The number of ether oxygens (including phenoxy) is 1. The van der Waals surface area contributed by atoms with Crippen LogP contribution in [0.1, 0.15) is 41.4 Å². The number of halogens is 2. The molecule has 1 fully saturated rings. The lowest BCUT2D eigenvalue weighted by Gasteiger charge is -2.32. The van der Waals surface area contributed by atoms with E-state index < -0.39 is 0 Å². The zero-order valence-corrected chi connectivity index (χ0v) is 18.1. The maximum Gasteiger partial charge on any atom is 0.259 e. The van der Waals surface area contributed by atoms with Crippen LogP contribution >= 0.6 is 11.6 Å². The van der Waals surface area contributed by atoms with Crippen LogP contribution in [0.4, 0.5) is 4.39 Å². The number of piperazine rings is 1. The summed E-state index contributed by atoms with van der Waals surface area (Å²) in [5, 5.41) is 4.88. The molecule has 0 spiro atoms. The van der Waals surface area contributed by atoms with Gasteiger partial charge in [0.1, 0.15) is 11.7 Å². The van der Waals surface area contributed by atoms with Crippen molar-refractivity contribution in [3.63, 3.8) is 0 Å². The van der Waals surface area contributed by atoms with Gasteiger partial charge in [-0.15, -0.1) is 0 Å². The van der Waals surface area contributed by atoms with E-state index >= 15 is 0 Å². The third-order valence-electron chi connectivity index (χ3n) is 5.43. The predicted molar refractivity (Wildman–Crippen MR) is 110 cm³/mol. The molecule has 8 heteroatoms. The highest BCUT2D eigenvalue weighted by Gasteiger charge is 2.29. The molecule has 0 bridgehead atoms. The van der Waals surface area contributed by atoms with Crippen LogP contribution in [0.2, 0.25) is 5.15 Å². The van der Waals surface area contributed by atoms with Gasteiger partial charge in [0.25, 0.3) is 5.91 Å². The molecule has 1 N–H and O–H groups in total. The number of unbranched alkanes of at least 4 members (excludes halogenated alkanes) is 1. The summed E-state index contributed by atoms with van der Waals surface area (Å²) in [5.74, 6) is -0.140. The van der Waals surface area contributed by atoms with Gasteiger partial charge in [0.15, 0.2) is 11.6 Å². The minimum absolute atomic E-state index is 0.0511. The minimum atomic E-state index is -0.344. The first-order valence-corrected chi connectivity index (χ1v) is 10.5. The molecule has 2 aromatic rings. The van der Waals surface area contributed by atoms with Crippen LogP contribution in [0, 0.1) is 12.7 Å². The van der Waals surface area contributed by atoms with Gasteiger partial charge in [-0.3, -0.25) is 9.48 Å². The Labute approximate surface area is 176 Å². The van der Waals surface area contributed by atoms with Crippen LogP contribution in [0.15, 0.2) is 18.2 Å². The monoisotopic (exact) mass is 423 g/mol. The first kappa shape index (κ1) is 21.6. The van der Waals surface area contributed by atoms with Crippen LogP contribution in [0.25, 0.3) is 0 Å². The zero-order valence-electron chi connectivity index (χ0n) is 17.3. The van der Waals surface area contributed by atoms with Gasteiger partial charge < -0.3 is 14.5 Å². The lowest BCUT2D eigenvalue weighted by Crippen LogP contribution is -3.13. The van der Waals surface area contributed by atoms with E-state index in [1.165, 1.54) is 18.1 Å². The van der Waals surface area contributed by atoms with E-state index in [0.29, 0.717) is 29.5 Å². The van der Waals surface area contributed by atoms with Crippen molar-refractivity contribution in [1.82, 2.24) is 14.7 Å². The van der Waals surface area contributed by atoms with Crippen molar-refractivity contribution in [2.45, 2.75) is 39.8 Å². The molecule has 1 saturated heterocycles. The highest BCUT2D eigenvalue weighted by atomic mass is 35.5. The number of quaternary nitrogens is 1. The van der Waals surface area contributed by atoms with E-state index in [9.17, 15) is 9.18 Å². The van der Waals surface area contributed by atoms with Gasteiger partial charge in [-0.05, 0) is 31.5 Å². The number of nitrogens with one attached hydrogen (secondary N) is 1. The fourth-order valence-electron chi connectivity index (χ4n) is 3.72. The van der Waals surface area contributed by atoms with E-state index in [4.69, 9.17) is 16.3 Å². The molecular formula is C21H29ClFN4O2+. The molecule has 1 amide bonds. The fraction of sp³-hybridized carbons (Fsp3) is 0.524. The number of amides is 1. The Kier molecular flexibility index (Phi) is 7.14.